The van der Waals surface area contributed by atoms with Gasteiger partial charge in [0, 0.05) is 23.8 Å². The van der Waals surface area contributed by atoms with Gasteiger partial charge < -0.3 is 10.2 Å². The Morgan fingerprint density at radius 2 is 1.67 bits per heavy atom. The number of nitrogens with one attached hydrogen (secondary N) is 1. The van der Waals surface area contributed by atoms with Gasteiger partial charge in [0.1, 0.15) is 0 Å². The quantitative estimate of drug-likeness (QED) is 0.868. The zero-order valence-corrected chi connectivity index (χ0v) is 13.1. The molecule has 0 atom stereocenters. The van der Waals surface area contributed by atoms with Gasteiger partial charge in [0.15, 0.2) is 0 Å². The molecule has 0 fully saturated rings. The summed E-state index contributed by atoms with van der Waals surface area (Å²) in [6.45, 7) is 0.396. The van der Waals surface area contributed by atoms with Gasteiger partial charge in [-0.3, -0.25) is 9.59 Å². The lowest BCUT2D eigenvalue weighted by atomic mass is 10.2. The molecule has 0 aromatic heterocycles. The minimum absolute atomic E-state index is 0.396. The highest BCUT2D eigenvalue weighted by Crippen LogP contribution is 2.14. The van der Waals surface area contributed by atoms with Gasteiger partial charge in [-0.2, -0.15) is 0 Å². The summed E-state index contributed by atoms with van der Waals surface area (Å²) in [5.41, 5.74) is 1.56. The van der Waals surface area contributed by atoms with Crippen LogP contribution in [0.3, 0.4) is 0 Å². The van der Waals surface area contributed by atoms with Crippen molar-refractivity contribution in [1.82, 2.24) is 4.90 Å². The largest absolute Gasteiger partial charge is 0.333 e. The van der Waals surface area contributed by atoms with Gasteiger partial charge in [-0.1, -0.05) is 46.3 Å². The second kappa shape index (κ2) is 7.04. The predicted octanol–water partition coefficient (Wildman–Crippen LogP) is 3.05. The first kappa shape index (κ1) is 15.3. The summed E-state index contributed by atoms with van der Waals surface area (Å²) in [5, 5.41) is 2.58. The average Bonchev–Trinajstić information content (AvgIpc) is 2.49. The van der Waals surface area contributed by atoms with E-state index >= 15 is 0 Å². The van der Waals surface area contributed by atoms with Crippen LogP contribution in [0.2, 0.25) is 0 Å². The second-order valence-electron chi connectivity index (χ2n) is 4.61. The number of hydrogen-bond acceptors (Lipinski definition) is 2. The van der Waals surface area contributed by atoms with Crippen LogP contribution in [0.1, 0.15) is 5.56 Å². The van der Waals surface area contributed by atoms with Gasteiger partial charge in [0.05, 0.1) is 0 Å². The fourth-order valence-electron chi connectivity index (χ4n) is 1.82. The van der Waals surface area contributed by atoms with Crippen LogP contribution in [-0.2, 0) is 16.1 Å². The van der Waals surface area contributed by atoms with Crippen LogP contribution in [0.25, 0.3) is 0 Å². The van der Waals surface area contributed by atoms with Crippen LogP contribution >= 0.6 is 15.9 Å². The van der Waals surface area contributed by atoms with Crippen molar-refractivity contribution in [3.63, 3.8) is 0 Å². The molecule has 0 unspecified atom stereocenters. The molecule has 0 aliphatic rings. The van der Waals surface area contributed by atoms with Crippen LogP contribution in [0.4, 0.5) is 5.69 Å². The maximum atomic E-state index is 12.0. The summed E-state index contributed by atoms with van der Waals surface area (Å²) in [5.74, 6) is -1.21. The van der Waals surface area contributed by atoms with Gasteiger partial charge in [-0.05, 0) is 29.8 Å². The molecule has 0 saturated carbocycles. The van der Waals surface area contributed by atoms with E-state index < -0.39 is 11.8 Å². The smallest absolute Gasteiger partial charge is 0.313 e. The van der Waals surface area contributed by atoms with E-state index in [1.165, 1.54) is 4.90 Å². The number of rotatable bonds is 3. The molecule has 1 N–H and O–H groups in total. The zero-order chi connectivity index (χ0) is 15.2. The first-order valence-electron chi connectivity index (χ1n) is 6.42. The first-order valence-corrected chi connectivity index (χ1v) is 7.21. The van der Waals surface area contributed by atoms with E-state index in [1.807, 2.05) is 30.3 Å². The molecular formula is C16H15BrN2O2. The average molecular weight is 347 g/mol. The Morgan fingerprint density at radius 3 is 2.29 bits per heavy atom. The van der Waals surface area contributed by atoms with Crippen molar-refractivity contribution in [1.29, 1.82) is 0 Å². The molecule has 2 amide bonds. The van der Waals surface area contributed by atoms with E-state index in [0.717, 1.165) is 10.0 Å². The Kier molecular flexibility index (Phi) is 5.11. The molecule has 2 aromatic rings. The standard InChI is InChI=1S/C16H15BrN2O2/c1-19(11-12-5-3-2-4-6-12)16(21)15(20)18-14-9-7-13(17)8-10-14/h2-10H,11H2,1H3,(H,18,20). The van der Waals surface area contributed by atoms with E-state index in [-0.39, 0.29) is 0 Å². The predicted molar refractivity (Wildman–Crippen MR) is 85.7 cm³/mol. The molecule has 0 heterocycles. The van der Waals surface area contributed by atoms with Gasteiger partial charge in [-0.15, -0.1) is 0 Å². The maximum absolute atomic E-state index is 12.0. The van der Waals surface area contributed by atoms with E-state index in [0.29, 0.717) is 12.2 Å². The Hall–Kier alpha value is -2.14. The molecular weight excluding hydrogens is 332 g/mol. The third kappa shape index (κ3) is 4.43. The van der Waals surface area contributed by atoms with E-state index in [2.05, 4.69) is 21.2 Å². The normalized spacial score (nSPS) is 10.0. The number of carbonyl (C=O) groups is 2. The summed E-state index contributed by atoms with van der Waals surface area (Å²) in [4.78, 5) is 25.3. The Labute approximate surface area is 131 Å². The minimum Gasteiger partial charge on any atom is -0.333 e. The Morgan fingerprint density at radius 1 is 1.05 bits per heavy atom. The van der Waals surface area contributed by atoms with E-state index in [4.69, 9.17) is 0 Å². The van der Waals surface area contributed by atoms with Crippen molar-refractivity contribution in [3.8, 4) is 0 Å². The molecule has 2 aromatic carbocycles. The lowest BCUT2D eigenvalue weighted by Gasteiger charge is -2.16. The number of nitrogens with zero attached hydrogens (tertiary/aromatic N) is 1. The van der Waals surface area contributed by atoms with Crippen molar-refractivity contribution in [3.05, 3.63) is 64.6 Å². The number of anilines is 1. The minimum atomic E-state index is -0.643. The van der Waals surface area contributed by atoms with Gasteiger partial charge >= 0.3 is 11.8 Å². The molecule has 0 saturated heterocycles. The Bertz CT molecular complexity index is 626. The van der Waals surface area contributed by atoms with Crippen molar-refractivity contribution >= 4 is 33.4 Å². The summed E-state index contributed by atoms with van der Waals surface area (Å²) >= 11 is 3.31. The van der Waals surface area contributed by atoms with Crippen LogP contribution < -0.4 is 5.32 Å². The van der Waals surface area contributed by atoms with E-state index in [1.54, 1.807) is 31.3 Å². The highest BCUT2D eigenvalue weighted by atomic mass is 79.9. The molecule has 0 radical (unpaired) electrons. The van der Waals surface area contributed by atoms with Crippen molar-refractivity contribution in [2.24, 2.45) is 0 Å². The zero-order valence-electron chi connectivity index (χ0n) is 11.5. The van der Waals surface area contributed by atoms with Crippen LogP contribution in [-0.4, -0.2) is 23.8 Å². The SMILES string of the molecule is CN(Cc1ccccc1)C(=O)C(=O)Nc1ccc(Br)cc1. The molecule has 0 bridgehead atoms. The number of halogens is 1. The summed E-state index contributed by atoms with van der Waals surface area (Å²) in [6.07, 6.45) is 0. The molecule has 5 heteroatoms. The number of likely N-dealkylation sites (N-methyl/N-ethyl adjacent to an activating group) is 1. The molecule has 2 rings (SSSR count). The number of amides is 2. The fraction of sp³-hybridized carbons (Fsp3) is 0.125. The molecule has 0 spiro atoms. The maximum Gasteiger partial charge on any atom is 0.313 e. The van der Waals surface area contributed by atoms with Crippen molar-refractivity contribution in [2.75, 3.05) is 12.4 Å². The fourth-order valence-corrected chi connectivity index (χ4v) is 2.08. The van der Waals surface area contributed by atoms with Crippen molar-refractivity contribution in [2.45, 2.75) is 6.54 Å². The molecule has 0 aliphatic carbocycles. The van der Waals surface area contributed by atoms with Gasteiger partial charge in [0.25, 0.3) is 0 Å². The molecule has 108 valence electrons. The van der Waals surface area contributed by atoms with Crippen LogP contribution in [0.5, 0.6) is 0 Å². The van der Waals surface area contributed by atoms with Gasteiger partial charge in [0.2, 0.25) is 0 Å². The monoisotopic (exact) mass is 346 g/mol. The molecule has 0 aliphatic heterocycles. The molecule has 4 nitrogen and oxygen atoms in total. The third-order valence-electron chi connectivity index (χ3n) is 2.91. The third-order valence-corrected chi connectivity index (χ3v) is 3.43. The topological polar surface area (TPSA) is 49.4 Å². The Balaban J connectivity index is 1.95. The highest BCUT2D eigenvalue weighted by Gasteiger charge is 2.18. The first-order chi connectivity index (χ1) is 10.1. The van der Waals surface area contributed by atoms with Crippen LogP contribution in [0, 0.1) is 0 Å². The molecule has 21 heavy (non-hydrogen) atoms. The number of benzene rings is 2. The second-order valence-corrected chi connectivity index (χ2v) is 5.52. The highest BCUT2D eigenvalue weighted by molar-refractivity contribution is 9.10. The number of hydrogen-bond donors (Lipinski definition) is 1. The van der Waals surface area contributed by atoms with E-state index in [9.17, 15) is 9.59 Å². The van der Waals surface area contributed by atoms with Crippen LogP contribution in [0.15, 0.2) is 59.1 Å². The van der Waals surface area contributed by atoms with Crippen molar-refractivity contribution < 1.29 is 9.59 Å². The summed E-state index contributed by atoms with van der Waals surface area (Å²) in [6, 6.07) is 16.6. The van der Waals surface area contributed by atoms with Gasteiger partial charge in [-0.25, -0.2) is 0 Å². The number of carbonyl (C=O) groups excluding carboxylic acids is 2. The summed E-state index contributed by atoms with van der Waals surface area (Å²) < 4.78 is 0.910. The summed E-state index contributed by atoms with van der Waals surface area (Å²) in [7, 11) is 1.61. The lowest BCUT2D eigenvalue weighted by Crippen LogP contribution is -2.36. The lowest BCUT2D eigenvalue weighted by molar-refractivity contribution is -0.142.